The number of rotatable bonds is 5. The molecule has 5 nitrogen and oxygen atoms in total. The summed E-state index contributed by atoms with van der Waals surface area (Å²) >= 11 is 3.33. The van der Waals surface area contributed by atoms with Crippen LogP contribution in [0.15, 0.2) is 45.8 Å². The van der Waals surface area contributed by atoms with E-state index in [1.54, 1.807) is 36.4 Å². The number of sulfonamides is 1. The van der Waals surface area contributed by atoms with Crippen LogP contribution in [-0.4, -0.2) is 22.6 Å². The maximum atomic E-state index is 12.4. The summed E-state index contributed by atoms with van der Waals surface area (Å²) in [5.74, 6) is 0.894. The first-order valence-corrected chi connectivity index (χ1v) is 8.66. The molecule has 0 unspecified atom stereocenters. The molecule has 0 radical (unpaired) electrons. The number of methoxy groups -OCH3 is 2. The molecule has 0 aliphatic rings. The lowest BCUT2D eigenvalue weighted by atomic mass is 10.2. The molecule has 2 rings (SSSR count). The summed E-state index contributed by atoms with van der Waals surface area (Å²) in [4.78, 5) is 0.182. The van der Waals surface area contributed by atoms with Crippen LogP contribution in [-0.2, 0) is 10.0 Å². The fourth-order valence-corrected chi connectivity index (χ4v) is 3.41. The molecule has 7 heteroatoms. The van der Waals surface area contributed by atoms with Crippen molar-refractivity contribution in [2.45, 2.75) is 11.8 Å². The molecular weight excluding hydrogens is 370 g/mol. The van der Waals surface area contributed by atoms with E-state index in [1.807, 2.05) is 6.92 Å². The first-order chi connectivity index (χ1) is 10.4. The highest BCUT2D eigenvalue weighted by molar-refractivity contribution is 9.10. The number of anilines is 1. The molecule has 0 aliphatic heterocycles. The summed E-state index contributed by atoms with van der Waals surface area (Å²) < 4.78 is 38.5. The SMILES string of the molecule is COc1cc(NS(=O)(=O)c2ccc(C)cc2)c(OC)cc1Br. The Morgan fingerprint density at radius 1 is 1.00 bits per heavy atom. The van der Waals surface area contributed by atoms with Gasteiger partial charge in [0.1, 0.15) is 11.5 Å². The molecule has 2 aromatic carbocycles. The van der Waals surface area contributed by atoms with Gasteiger partial charge in [0.15, 0.2) is 0 Å². The zero-order valence-electron chi connectivity index (χ0n) is 12.4. The highest BCUT2D eigenvalue weighted by Gasteiger charge is 2.18. The summed E-state index contributed by atoms with van der Waals surface area (Å²) in [5, 5.41) is 0. The van der Waals surface area contributed by atoms with Crippen LogP contribution in [0, 0.1) is 6.92 Å². The van der Waals surface area contributed by atoms with E-state index in [9.17, 15) is 8.42 Å². The minimum absolute atomic E-state index is 0.182. The average molecular weight is 386 g/mol. The number of benzene rings is 2. The van der Waals surface area contributed by atoms with Crippen molar-refractivity contribution in [3.05, 3.63) is 46.4 Å². The molecule has 2 aromatic rings. The summed E-state index contributed by atoms with van der Waals surface area (Å²) in [5.41, 5.74) is 1.30. The van der Waals surface area contributed by atoms with Crippen molar-refractivity contribution in [1.82, 2.24) is 0 Å². The van der Waals surface area contributed by atoms with Crippen LogP contribution < -0.4 is 14.2 Å². The molecule has 0 aliphatic carbocycles. The van der Waals surface area contributed by atoms with E-state index >= 15 is 0 Å². The smallest absolute Gasteiger partial charge is 0.262 e. The molecule has 118 valence electrons. The Morgan fingerprint density at radius 3 is 2.14 bits per heavy atom. The first-order valence-electron chi connectivity index (χ1n) is 6.38. The van der Waals surface area contributed by atoms with Gasteiger partial charge in [-0.05, 0) is 35.0 Å². The van der Waals surface area contributed by atoms with E-state index in [2.05, 4.69) is 20.7 Å². The fraction of sp³-hybridized carbons (Fsp3) is 0.200. The second kappa shape index (κ2) is 6.58. The van der Waals surface area contributed by atoms with Gasteiger partial charge >= 0.3 is 0 Å². The molecule has 0 atom stereocenters. The second-order valence-electron chi connectivity index (χ2n) is 4.61. The van der Waals surface area contributed by atoms with Crippen molar-refractivity contribution >= 4 is 31.6 Å². The van der Waals surface area contributed by atoms with Crippen molar-refractivity contribution in [1.29, 1.82) is 0 Å². The third kappa shape index (κ3) is 3.53. The number of nitrogens with one attached hydrogen (secondary N) is 1. The number of ether oxygens (including phenoxy) is 2. The van der Waals surface area contributed by atoms with Gasteiger partial charge in [0.2, 0.25) is 0 Å². The number of hydrogen-bond donors (Lipinski definition) is 1. The van der Waals surface area contributed by atoms with Crippen LogP contribution in [0.1, 0.15) is 5.56 Å². The maximum Gasteiger partial charge on any atom is 0.262 e. The van der Waals surface area contributed by atoms with Crippen LogP contribution in [0.2, 0.25) is 0 Å². The summed E-state index contributed by atoms with van der Waals surface area (Å²) in [6.45, 7) is 1.90. The van der Waals surface area contributed by atoms with E-state index in [0.717, 1.165) is 5.56 Å². The molecule has 0 aromatic heterocycles. The quantitative estimate of drug-likeness (QED) is 0.853. The highest BCUT2D eigenvalue weighted by atomic mass is 79.9. The molecule has 0 spiro atoms. The van der Waals surface area contributed by atoms with E-state index in [-0.39, 0.29) is 4.90 Å². The van der Waals surface area contributed by atoms with E-state index in [1.165, 1.54) is 14.2 Å². The fourth-order valence-electron chi connectivity index (χ4n) is 1.86. The monoisotopic (exact) mass is 385 g/mol. The lowest BCUT2D eigenvalue weighted by molar-refractivity contribution is 0.402. The van der Waals surface area contributed by atoms with Gasteiger partial charge in [0.05, 0.1) is 29.3 Å². The van der Waals surface area contributed by atoms with Crippen LogP contribution in [0.4, 0.5) is 5.69 Å². The zero-order valence-corrected chi connectivity index (χ0v) is 14.8. The van der Waals surface area contributed by atoms with Gasteiger partial charge in [0.25, 0.3) is 10.0 Å². The van der Waals surface area contributed by atoms with Gasteiger partial charge in [-0.15, -0.1) is 0 Å². The lowest BCUT2D eigenvalue weighted by Crippen LogP contribution is -2.13. The zero-order chi connectivity index (χ0) is 16.3. The van der Waals surface area contributed by atoms with Crippen LogP contribution in [0.3, 0.4) is 0 Å². The average Bonchev–Trinajstić information content (AvgIpc) is 2.48. The third-order valence-corrected chi connectivity index (χ3v) is 5.05. The largest absolute Gasteiger partial charge is 0.495 e. The number of hydrogen-bond acceptors (Lipinski definition) is 4. The van der Waals surface area contributed by atoms with Crippen molar-refractivity contribution in [3.8, 4) is 11.5 Å². The van der Waals surface area contributed by atoms with Gasteiger partial charge in [-0.3, -0.25) is 4.72 Å². The topological polar surface area (TPSA) is 64.6 Å². The molecule has 0 amide bonds. The molecule has 0 saturated heterocycles. The summed E-state index contributed by atoms with van der Waals surface area (Å²) in [6.07, 6.45) is 0. The van der Waals surface area contributed by atoms with Crippen LogP contribution in [0.5, 0.6) is 11.5 Å². The molecule has 0 fully saturated rings. The minimum atomic E-state index is -3.70. The third-order valence-electron chi connectivity index (χ3n) is 3.05. The van der Waals surface area contributed by atoms with E-state index in [4.69, 9.17) is 9.47 Å². The summed E-state index contributed by atoms with van der Waals surface area (Å²) in [6, 6.07) is 9.81. The van der Waals surface area contributed by atoms with Crippen molar-refractivity contribution < 1.29 is 17.9 Å². The lowest BCUT2D eigenvalue weighted by Gasteiger charge is -2.14. The molecule has 22 heavy (non-hydrogen) atoms. The number of aryl methyl sites for hydroxylation is 1. The number of halogens is 1. The van der Waals surface area contributed by atoms with E-state index in [0.29, 0.717) is 21.7 Å². The van der Waals surface area contributed by atoms with Gasteiger partial charge in [-0.25, -0.2) is 8.42 Å². The first kappa shape index (κ1) is 16.6. The molecule has 0 bridgehead atoms. The maximum absolute atomic E-state index is 12.4. The molecule has 1 N–H and O–H groups in total. The van der Waals surface area contributed by atoms with Crippen LogP contribution >= 0.6 is 15.9 Å². The molecule has 0 saturated carbocycles. The molecular formula is C15H16BrNO4S. The Bertz CT molecular complexity index is 773. The Labute approximate surface area is 138 Å². The predicted octanol–water partition coefficient (Wildman–Crippen LogP) is 3.58. The molecule has 0 heterocycles. The normalized spacial score (nSPS) is 11.1. The van der Waals surface area contributed by atoms with Crippen LogP contribution in [0.25, 0.3) is 0 Å². The van der Waals surface area contributed by atoms with Crippen molar-refractivity contribution in [2.75, 3.05) is 18.9 Å². The van der Waals surface area contributed by atoms with Crippen molar-refractivity contribution in [2.24, 2.45) is 0 Å². The predicted molar refractivity (Wildman–Crippen MR) is 89.2 cm³/mol. The van der Waals surface area contributed by atoms with Gasteiger partial charge in [-0.1, -0.05) is 17.7 Å². The Balaban J connectivity index is 2.42. The van der Waals surface area contributed by atoms with Gasteiger partial charge in [0, 0.05) is 12.1 Å². The Kier molecular flexibility index (Phi) is 4.97. The summed E-state index contributed by atoms with van der Waals surface area (Å²) in [7, 11) is -0.726. The van der Waals surface area contributed by atoms with Gasteiger partial charge in [-0.2, -0.15) is 0 Å². The van der Waals surface area contributed by atoms with E-state index < -0.39 is 10.0 Å². The second-order valence-corrected chi connectivity index (χ2v) is 7.14. The standard InChI is InChI=1S/C15H16BrNO4S/c1-10-4-6-11(7-5-10)22(18,19)17-13-9-14(20-2)12(16)8-15(13)21-3/h4-9,17H,1-3H3. The van der Waals surface area contributed by atoms with Gasteiger partial charge < -0.3 is 9.47 Å². The minimum Gasteiger partial charge on any atom is -0.495 e. The van der Waals surface area contributed by atoms with Crippen molar-refractivity contribution in [3.63, 3.8) is 0 Å². The Hall–Kier alpha value is -1.73. The Morgan fingerprint density at radius 2 is 1.59 bits per heavy atom. The highest BCUT2D eigenvalue weighted by Crippen LogP contribution is 2.37.